The van der Waals surface area contributed by atoms with E-state index in [1.165, 1.54) is 10.5 Å². The molecule has 0 aromatic heterocycles. The van der Waals surface area contributed by atoms with Gasteiger partial charge in [-0.1, -0.05) is 37.1 Å². The van der Waals surface area contributed by atoms with Crippen molar-refractivity contribution in [3.63, 3.8) is 0 Å². The van der Waals surface area contributed by atoms with Crippen molar-refractivity contribution in [1.82, 2.24) is 10.2 Å². The summed E-state index contributed by atoms with van der Waals surface area (Å²) < 4.78 is 0. The lowest BCUT2D eigenvalue weighted by molar-refractivity contribution is -0.143. The molecule has 0 unspecified atom stereocenters. The number of carbonyl (C=O) groups excluding carboxylic acids is 3. The van der Waals surface area contributed by atoms with Gasteiger partial charge in [-0.05, 0) is 43.2 Å². The molecule has 3 atom stereocenters. The van der Waals surface area contributed by atoms with Gasteiger partial charge in [-0.15, -0.1) is 0 Å². The Balaban J connectivity index is 1.43. The first-order valence-corrected chi connectivity index (χ1v) is 9.37. The summed E-state index contributed by atoms with van der Waals surface area (Å²) in [5.41, 5.74) is 2.44. The molecule has 3 amide bonds. The zero-order chi connectivity index (χ0) is 17.4. The van der Waals surface area contributed by atoms with Crippen molar-refractivity contribution in [2.24, 2.45) is 11.8 Å². The normalized spacial score (nSPS) is 28.5. The molecule has 0 radical (unpaired) electrons. The van der Waals surface area contributed by atoms with E-state index in [0.29, 0.717) is 0 Å². The molecule has 1 aromatic carbocycles. The SMILES string of the molecule is O=C(CN1C(=O)[C@H]2CCCC[C@@H]2C1=O)N[C@@H]1CCCc2ccccc21. The number of fused-ring (bicyclic) bond motifs is 2. The van der Waals surface area contributed by atoms with E-state index in [1.807, 2.05) is 12.1 Å². The van der Waals surface area contributed by atoms with Gasteiger partial charge in [0.05, 0.1) is 17.9 Å². The predicted octanol–water partition coefficient (Wildman–Crippen LogP) is 2.36. The molecule has 0 spiro atoms. The highest BCUT2D eigenvalue weighted by molar-refractivity contribution is 6.07. The van der Waals surface area contributed by atoms with Gasteiger partial charge < -0.3 is 5.32 Å². The van der Waals surface area contributed by atoms with Crippen molar-refractivity contribution >= 4 is 17.7 Å². The Bertz CT molecular complexity index is 691. The van der Waals surface area contributed by atoms with Crippen LogP contribution in [0.4, 0.5) is 0 Å². The first-order chi connectivity index (χ1) is 12.1. The topological polar surface area (TPSA) is 66.5 Å². The quantitative estimate of drug-likeness (QED) is 0.859. The summed E-state index contributed by atoms with van der Waals surface area (Å²) in [5, 5.41) is 3.04. The van der Waals surface area contributed by atoms with Gasteiger partial charge in [0.1, 0.15) is 6.54 Å². The van der Waals surface area contributed by atoms with Gasteiger partial charge in [-0.3, -0.25) is 19.3 Å². The van der Waals surface area contributed by atoms with E-state index in [1.54, 1.807) is 0 Å². The molecule has 1 saturated heterocycles. The maximum absolute atomic E-state index is 12.5. The highest BCUT2D eigenvalue weighted by Gasteiger charge is 2.48. The Morgan fingerprint density at radius 1 is 1.00 bits per heavy atom. The average molecular weight is 340 g/mol. The number of rotatable bonds is 3. The number of hydrogen-bond acceptors (Lipinski definition) is 3. The Morgan fingerprint density at radius 3 is 2.40 bits per heavy atom. The van der Waals surface area contributed by atoms with Crippen LogP contribution in [0, 0.1) is 11.8 Å². The molecule has 1 heterocycles. The van der Waals surface area contributed by atoms with Crippen LogP contribution in [0.2, 0.25) is 0 Å². The molecular weight excluding hydrogens is 316 g/mol. The second-order valence-corrected chi connectivity index (χ2v) is 7.47. The predicted molar refractivity (Wildman–Crippen MR) is 92.4 cm³/mol. The molecular formula is C20H24N2O3. The lowest BCUT2D eigenvalue weighted by Gasteiger charge is -2.27. The first kappa shape index (κ1) is 16.3. The molecule has 1 saturated carbocycles. The lowest BCUT2D eigenvalue weighted by atomic mass is 9.81. The Labute approximate surface area is 147 Å². The molecule has 2 aliphatic carbocycles. The zero-order valence-electron chi connectivity index (χ0n) is 14.4. The van der Waals surface area contributed by atoms with Crippen LogP contribution in [0.3, 0.4) is 0 Å². The van der Waals surface area contributed by atoms with E-state index in [0.717, 1.165) is 50.5 Å². The lowest BCUT2D eigenvalue weighted by Crippen LogP contribution is -2.42. The smallest absolute Gasteiger partial charge is 0.240 e. The molecule has 25 heavy (non-hydrogen) atoms. The molecule has 1 N–H and O–H groups in total. The highest BCUT2D eigenvalue weighted by Crippen LogP contribution is 2.38. The standard InChI is InChI=1S/C20H24N2O3/c23-18(21-17-11-5-7-13-6-1-2-8-14(13)17)12-22-19(24)15-9-3-4-10-16(15)20(22)25/h1-2,6,8,15-17H,3-5,7,9-12H2,(H,21,23)/t15-,16-,17+/m0/s1. The molecule has 1 aliphatic heterocycles. The second kappa shape index (κ2) is 6.62. The summed E-state index contributed by atoms with van der Waals surface area (Å²) >= 11 is 0. The van der Waals surface area contributed by atoms with Gasteiger partial charge >= 0.3 is 0 Å². The van der Waals surface area contributed by atoms with Crippen molar-refractivity contribution in [3.05, 3.63) is 35.4 Å². The Kier molecular flexibility index (Phi) is 4.32. The highest BCUT2D eigenvalue weighted by atomic mass is 16.2. The number of imide groups is 1. The number of likely N-dealkylation sites (tertiary alicyclic amines) is 1. The average Bonchev–Trinajstić information content (AvgIpc) is 2.87. The molecule has 5 heteroatoms. The fraction of sp³-hybridized carbons (Fsp3) is 0.550. The van der Waals surface area contributed by atoms with Crippen LogP contribution in [-0.2, 0) is 20.8 Å². The van der Waals surface area contributed by atoms with Crippen molar-refractivity contribution in [2.45, 2.75) is 51.0 Å². The van der Waals surface area contributed by atoms with Crippen molar-refractivity contribution in [3.8, 4) is 0 Å². The van der Waals surface area contributed by atoms with Crippen molar-refractivity contribution < 1.29 is 14.4 Å². The van der Waals surface area contributed by atoms with Crippen molar-refractivity contribution in [2.75, 3.05) is 6.54 Å². The molecule has 4 rings (SSSR count). The van der Waals surface area contributed by atoms with E-state index in [4.69, 9.17) is 0 Å². The van der Waals surface area contributed by atoms with E-state index in [-0.39, 0.29) is 42.1 Å². The maximum atomic E-state index is 12.5. The second-order valence-electron chi connectivity index (χ2n) is 7.47. The van der Waals surface area contributed by atoms with Gasteiger partial charge in [0, 0.05) is 0 Å². The fourth-order valence-electron chi connectivity index (χ4n) is 4.67. The molecule has 1 aromatic rings. The van der Waals surface area contributed by atoms with Crippen molar-refractivity contribution in [1.29, 1.82) is 0 Å². The Hall–Kier alpha value is -2.17. The van der Waals surface area contributed by atoms with Crippen LogP contribution in [-0.4, -0.2) is 29.2 Å². The summed E-state index contributed by atoms with van der Waals surface area (Å²) in [6.07, 6.45) is 6.53. The van der Waals surface area contributed by atoms with Crippen LogP contribution in [0.1, 0.15) is 55.7 Å². The van der Waals surface area contributed by atoms with Gasteiger partial charge in [-0.25, -0.2) is 0 Å². The summed E-state index contributed by atoms with van der Waals surface area (Å²) in [7, 11) is 0. The minimum atomic E-state index is -0.234. The summed E-state index contributed by atoms with van der Waals surface area (Å²) in [6.45, 7) is -0.136. The fourth-order valence-corrected chi connectivity index (χ4v) is 4.67. The molecule has 132 valence electrons. The maximum Gasteiger partial charge on any atom is 0.240 e. The number of aryl methyl sites for hydroxylation is 1. The number of nitrogens with zero attached hydrogens (tertiary/aromatic N) is 1. The van der Waals surface area contributed by atoms with Crippen LogP contribution in [0.15, 0.2) is 24.3 Å². The number of hydrogen-bond donors (Lipinski definition) is 1. The van der Waals surface area contributed by atoms with Gasteiger partial charge in [-0.2, -0.15) is 0 Å². The number of carbonyl (C=O) groups is 3. The molecule has 5 nitrogen and oxygen atoms in total. The summed E-state index contributed by atoms with van der Waals surface area (Å²) in [5.74, 6) is -0.904. The van der Waals surface area contributed by atoms with E-state index in [9.17, 15) is 14.4 Å². The van der Waals surface area contributed by atoms with Crippen LogP contribution in [0.5, 0.6) is 0 Å². The minimum absolute atomic E-state index is 0.0208. The van der Waals surface area contributed by atoms with E-state index in [2.05, 4.69) is 17.4 Å². The monoisotopic (exact) mass is 340 g/mol. The number of amides is 3. The summed E-state index contributed by atoms with van der Waals surface area (Å²) in [6, 6.07) is 8.15. The van der Waals surface area contributed by atoms with E-state index < -0.39 is 0 Å². The largest absolute Gasteiger partial charge is 0.348 e. The molecule has 3 aliphatic rings. The third kappa shape index (κ3) is 2.96. The third-order valence-electron chi connectivity index (χ3n) is 5.94. The van der Waals surface area contributed by atoms with Gasteiger partial charge in [0.25, 0.3) is 0 Å². The third-order valence-corrected chi connectivity index (χ3v) is 5.94. The van der Waals surface area contributed by atoms with Gasteiger partial charge in [0.15, 0.2) is 0 Å². The number of benzene rings is 1. The van der Waals surface area contributed by atoms with Gasteiger partial charge in [0.2, 0.25) is 17.7 Å². The first-order valence-electron chi connectivity index (χ1n) is 9.37. The zero-order valence-corrected chi connectivity index (χ0v) is 14.4. The molecule has 0 bridgehead atoms. The van der Waals surface area contributed by atoms with Crippen LogP contribution < -0.4 is 5.32 Å². The number of nitrogens with one attached hydrogen (secondary N) is 1. The minimum Gasteiger partial charge on any atom is -0.348 e. The van der Waals surface area contributed by atoms with Crippen LogP contribution >= 0.6 is 0 Å². The Morgan fingerprint density at radius 2 is 1.68 bits per heavy atom. The van der Waals surface area contributed by atoms with E-state index >= 15 is 0 Å². The van der Waals surface area contributed by atoms with Crippen LogP contribution in [0.25, 0.3) is 0 Å². The summed E-state index contributed by atoms with van der Waals surface area (Å²) in [4.78, 5) is 38.7. The molecule has 2 fully saturated rings.